The van der Waals surface area contributed by atoms with Gasteiger partial charge in [0.2, 0.25) is 0 Å². The van der Waals surface area contributed by atoms with Crippen LogP contribution in [0.1, 0.15) is 18.9 Å². The fourth-order valence-electron chi connectivity index (χ4n) is 1.27. The topological polar surface area (TPSA) is 38.5 Å². The summed E-state index contributed by atoms with van der Waals surface area (Å²) < 4.78 is 23.8. The monoisotopic (exact) mass is 223 g/mol. The molecule has 1 rings (SSSR count). The zero-order valence-electron chi connectivity index (χ0n) is 8.77. The van der Waals surface area contributed by atoms with Gasteiger partial charge >= 0.3 is 5.37 Å². The maximum absolute atomic E-state index is 11.9. The van der Waals surface area contributed by atoms with Crippen molar-refractivity contribution in [2.75, 3.05) is 0 Å². The second-order valence-corrected chi connectivity index (χ2v) is 5.46. The molecule has 1 atom stereocenters. The summed E-state index contributed by atoms with van der Waals surface area (Å²) in [6.07, 6.45) is 0.319. The van der Waals surface area contributed by atoms with Crippen molar-refractivity contribution in [1.29, 1.82) is 0 Å². The molecule has 15 heavy (non-hydrogen) atoms. The normalized spacial score (nSPS) is 13.1. The largest absolute Gasteiger partial charge is 0.324 e. The van der Waals surface area contributed by atoms with Crippen LogP contribution in [-0.2, 0) is 9.84 Å². The first-order valence-corrected chi connectivity index (χ1v) is 6.24. The lowest BCUT2D eigenvalue weighted by atomic mass is 10.2. The SMILES string of the molecule is [C-]#[N+][C@@H](CC)S(=O)(=O)c1ccc(C)cc1. The minimum atomic E-state index is -3.47. The van der Waals surface area contributed by atoms with Crippen molar-refractivity contribution in [3.05, 3.63) is 41.2 Å². The fraction of sp³-hybridized carbons (Fsp3) is 0.364. The molecule has 0 spiro atoms. The Morgan fingerprint density at radius 2 is 1.87 bits per heavy atom. The number of hydrogen-bond donors (Lipinski definition) is 0. The van der Waals surface area contributed by atoms with Gasteiger partial charge in [0.15, 0.2) is 0 Å². The standard InChI is InChI=1S/C11H13NO2S/c1-4-11(12-3)15(13,14)10-7-5-9(2)6-8-10/h5-8,11H,4H2,1-2H3/t11-/m1/s1. The Balaban J connectivity index is 3.18. The average molecular weight is 223 g/mol. The summed E-state index contributed by atoms with van der Waals surface area (Å²) >= 11 is 0. The van der Waals surface area contributed by atoms with Gasteiger partial charge < -0.3 is 0 Å². The Kier molecular flexibility index (Phi) is 3.48. The van der Waals surface area contributed by atoms with Crippen molar-refractivity contribution >= 4 is 9.84 Å². The molecule has 0 unspecified atom stereocenters. The van der Waals surface area contributed by atoms with Crippen LogP contribution in [-0.4, -0.2) is 13.8 Å². The Labute approximate surface area is 90.5 Å². The van der Waals surface area contributed by atoms with E-state index in [4.69, 9.17) is 6.57 Å². The van der Waals surface area contributed by atoms with Gasteiger partial charge in [0.1, 0.15) is 0 Å². The molecular weight excluding hydrogens is 210 g/mol. The van der Waals surface area contributed by atoms with Crippen molar-refractivity contribution < 1.29 is 8.42 Å². The minimum Gasteiger partial charge on any atom is -0.296 e. The van der Waals surface area contributed by atoms with Crippen LogP contribution in [0.3, 0.4) is 0 Å². The number of rotatable bonds is 3. The maximum Gasteiger partial charge on any atom is 0.324 e. The van der Waals surface area contributed by atoms with Gasteiger partial charge in [-0.2, -0.15) is 0 Å². The molecule has 0 aromatic heterocycles. The summed E-state index contributed by atoms with van der Waals surface area (Å²) in [5.74, 6) is 0. The molecule has 0 saturated heterocycles. The van der Waals surface area contributed by atoms with Crippen LogP contribution in [0.25, 0.3) is 4.85 Å². The van der Waals surface area contributed by atoms with E-state index in [1.54, 1.807) is 31.2 Å². The highest BCUT2D eigenvalue weighted by Gasteiger charge is 2.30. The Morgan fingerprint density at radius 1 is 1.33 bits per heavy atom. The van der Waals surface area contributed by atoms with Crippen molar-refractivity contribution in [3.8, 4) is 0 Å². The highest BCUT2D eigenvalue weighted by atomic mass is 32.2. The lowest BCUT2D eigenvalue weighted by molar-refractivity contribution is 0.586. The smallest absolute Gasteiger partial charge is 0.296 e. The summed E-state index contributed by atoms with van der Waals surface area (Å²) in [4.78, 5) is 3.37. The van der Waals surface area contributed by atoms with Gasteiger partial charge in [0.25, 0.3) is 9.84 Å². The van der Waals surface area contributed by atoms with Crippen LogP contribution in [0.5, 0.6) is 0 Å². The average Bonchev–Trinajstić information content (AvgIpc) is 2.19. The first-order valence-electron chi connectivity index (χ1n) is 4.69. The van der Waals surface area contributed by atoms with Gasteiger partial charge in [0, 0.05) is 6.42 Å². The van der Waals surface area contributed by atoms with E-state index in [1.807, 2.05) is 6.92 Å². The molecule has 0 aliphatic heterocycles. The van der Waals surface area contributed by atoms with Crippen LogP contribution in [0.4, 0.5) is 0 Å². The molecule has 0 heterocycles. The number of benzene rings is 1. The van der Waals surface area contributed by atoms with Crippen LogP contribution in [0.15, 0.2) is 29.2 Å². The van der Waals surface area contributed by atoms with Gasteiger partial charge in [-0.15, -0.1) is 0 Å². The van der Waals surface area contributed by atoms with Gasteiger partial charge in [-0.1, -0.05) is 24.6 Å². The summed E-state index contributed by atoms with van der Waals surface area (Å²) in [5, 5.41) is -0.958. The van der Waals surface area contributed by atoms with Gasteiger partial charge in [-0.3, -0.25) is 4.85 Å². The van der Waals surface area contributed by atoms with E-state index >= 15 is 0 Å². The predicted octanol–water partition coefficient (Wildman–Crippen LogP) is 2.42. The third-order valence-electron chi connectivity index (χ3n) is 2.20. The van der Waals surface area contributed by atoms with E-state index in [0.29, 0.717) is 6.42 Å². The van der Waals surface area contributed by atoms with Gasteiger partial charge in [-0.05, 0) is 19.1 Å². The molecule has 3 nitrogen and oxygen atoms in total. The number of hydrogen-bond acceptors (Lipinski definition) is 2. The van der Waals surface area contributed by atoms with Crippen molar-refractivity contribution in [1.82, 2.24) is 0 Å². The van der Waals surface area contributed by atoms with Crippen LogP contribution >= 0.6 is 0 Å². The van der Waals surface area contributed by atoms with E-state index in [9.17, 15) is 8.42 Å². The first-order chi connectivity index (χ1) is 7.02. The molecular formula is C11H13NO2S. The van der Waals surface area contributed by atoms with Crippen LogP contribution < -0.4 is 0 Å². The molecule has 0 aliphatic rings. The van der Waals surface area contributed by atoms with E-state index in [-0.39, 0.29) is 4.90 Å². The molecule has 0 N–H and O–H groups in total. The highest BCUT2D eigenvalue weighted by Crippen LogP contribution is 2.19. The maximum atomic E-state index is 11.9. The third-order valence-corrected chi connectivity index (χ3v) is 4.29. The molecule has 4 heteroatoms. The van der Waals surface area contributed by atoms with Crippen molar-refractivity contribution in [2.45, 2.75) is 30.5 Å². The highest BCUT2D eigenvalue weighted by molar-refractivity contribution is 7.92. The van der Waals surface area contributed by atoms with E-state index in [1.165, 1.54) is 0 Å². The summed E-state index contributed by atoms with van der Waals surface area (Å²) in [7, 11) is -3.47. The zero-order valence-corrected chi connectivity index (χ0v) is 9.58. The Hall–Kier alpha value is -1.34. The van der Waals surface area contributed by atoms with E-state index in [0.717, 1.165) is 5.56 Å². The summed E-state index contributed by atoms with van der Waals surface area (Å²) in [6.45, 7) is 10.4. The number of nitrogens with zero attached hydrogens (tertiary/aromatic N) is 1. The lowest BCUT2D eigenvalue weighted by Gasteiger charge is -2.05. The lowest BCUT2D eigenvalue weighted by Crippen LogP contribution is -2.16. The molecule has 0 fully saturated rings. The minimum absolute atomic E-state index is 0.232. The Bertz CT molecular complexity index is 468. The van der Waals surface area contributed by atoms with E-state index in [2.05, 4.69) is 4.85 Å². The number of sulfone groups is 1. The van der Waals surface area contributed by atoms with Crippen molar-refractivity contribution in [2.24, 2.45) is 0 Å². The second kappa shape index (κ2) is 4.45. The molecule has 1 aromatic carbocycles. The third kappa shape index (κ3) is 2.37. The van der Waals surface area contributed by atoms with Crippen LogP contribution in [0.2, 0.25) is 0 Å². The zero-order chi connectivity index (χ0) is 11.5. The Morgan fingerprint density at radius 3 is 2.27 bits per heavy atom. The van der Waals surface area contributed by atoms with Crippen LogP contribution in [0, 0.1) is 13.5 Å². The molecule has 1 aromatic rings. The van der Waals surface area contributed by atoms with Crippen molar-refractivity contribution in [3.63, 3.8) is 0 Å². The molecule has 0 aliphatic carbocycles. The molecule has 0 amide bonds. The quantitative estimate of drug-likeness (QED) is 0.738. The summed E-state index contributed by atoms with van der Waals surface area (Å²) in [6, 6.07) is 6.59. The molecule has 0 saturated carbocycles. The van der Waals surface area contributed by atoms with Gasteiger partial charge in [0.05, 0.1) is 4.90 Å². The van der Waals surface area contributed by atoms with E-state index < -0.39 is 15.2 Å². The molecule has 0 bridgehead atoms. The second-order valence-electron chi connectivity index (χ2n) is 3.35. The van der Waals surface area contributed by atoms with Gasteiger partial charge in [-0.25, -0.2) is 15.0 Å². The predicted molar refractivity (Wildman–Crippen MR) is 59.0 cm³/mol. The fourth-order valence-corrected chi connectivity index (χ4v) is 2.67. The summed E-state index contributed by atoms with van der Waals surface area (Å²) in [5.41, 5.74) is 1.00. The number of aryl methyl sites for hydroxylation is 1. The first kappa shape index (κ1) is 11.7. The molecule has 0 radical (unpaired) electrons. The molecule has 80 valence electrons.